The lowest BCUT2D eigenvalue weighted by Gasteiger charge is -2.30. The molecule has 0 spiro atoms. The summed E-state index contributed by atoms with van der Waals surface area (Å²) in [6, 6.07) is 14.7. The number of amides is 1. The second-order valence-corrected chi connectivity index (χ2v) is 8.41. The number of thiocarbonyl (C=S) groups is 1. The van der Waals surface area contributed by atoms with E-state index in [0.717, 1.165) is 43.7 Å². The maximum absolute atomic E-state index is 13.3. The van der Waals surface area contributed by atoms with Gasteiger partial charge in [0, 0.05) is 36.3 Å². The summed E-state index contributed by atoms with van der Waals surface area (Å²) in [6.07, 6.45) is 6.05. The van der Waals surface area contributed by atoms with E-state index < -0.39 is 0 Å². The number of benzene rings is 2. The quantitative estimate of drug-likeness (QED) is 0.697. The van der Waals surface area contributed by atoms with Crippen LogP contribution in [0.15, 0.2) is 48.5 Å². The van der Waals surface area contributed by atoms with Gasteiger partial charge < -0.3 is 15.5 Å². The van der Waals surface area contributed by atoms with Crippen molar-refractivity contribution in [3.63, 3.8) is 0 Å². The van der Waals surface area contributed by atoms with Gasteiger partial charge >= 0.3 is 0 Å². The minimum Gasteiger partial charge on any atom is -0.362 e. The van der Waals surface area contributed by atoms with Gasteiger partial charge in [0.2, 0.25) is 5.91 Å². The highest BCUT2D eigenvalue weighted by Crippen LogP contribution is 2.40. The van der Waals surface area contributed by atoms with Crippen LogP contribution in [-0.4, -0.2) is 24.1 Å². The van der Waals surface area contributed by atoms with E-state index in [0.29, 0.717) is 11.5 Å². The Hall–Kier alpha value is -2.47. The molecule has 2 aromatic rings. The number of hydrogen-bond donors (Lipinski definition) is 2. The Balaban J connectivity index is 1.36. The van der Waals surface area contributed by atoms with Crippen LogP contribution in [-0.2, 0) is 10.2 Å². The smallest absolute Gasteiger partial charge is 0.227 e. The van der Waals surface area contributed by atoms with E-state index in [1.807, 2.05) is 41.3 Å². The molecule has 6 heteroatoms. The first-order valence-electron chi connectivity index (χ1n) is 10.3. The highest BCUT2D eigenvalue weighted by Gasteiger charge is 2.35. The Bertz CT molecular complexity index is 876. The van der Waals surface area contributed by atoms with Crippen LogP contribution in [0.1, 0.15) is 44.1 Å². The van der Waals surface area contributed by atoms with E-state index in [1.165, 1.54) is 18.4 Å². The van der Waals surface area contributed by atoms with Crippen molar-refractivity contribution in [3.8, 4) is 0 Å². The van der Waals surface area contributed by atoms with E-state index in [1.54, 1.807) is 12.1 Å². The zero-order valence-corrected chi connectivity index (χ0v) is 17.2. The summed E-state index contributed by atoms with van der Waals surface area (Å²) in [4.78, 5) is 13.7. The Kier molecular flexibility index (Phi) is 5.81. The fraction of sp³-hybridized carbons (Fsp3) is 0.391. The number of carbonyl (C=O) groups is 1. The first-order chi connectivity index (χ1) is 14.1. The van der Waals surface area contributed by atoms with Gasteiger partial charge in [-0.25, -0.2) is 4.39 Å². The fourth-order valence-corrected chi connectivity index (χ4v) is 4.68. The van der Waals surface area contributed by atoms with E-state index in [9.17, 15) is 9.18 Å². The average Bonchev–Trinajstić information content (AvgIpc) is 3.37. The van der Waals surface area contributed by atoms with Crippen LogP contribution < -0.4 is 15.5 Å². The zero-order valence-electron chi connectivity index (χ0n) is 16.4. The van der Waals surface area contributed by atoms with Crippen molar-refractivity contribution in [2.24, 2.45) is 0 Å². The molecule has 0 atom stereocenters. The molecule has 0 unspecified atom stereocenters. The molecule has 1 amide bonds. The predicted molar refractivity (Wildman–Crippen MR) is 119 cm³/mol. The molecule has 2 aromatic carbocycles. The van der Waals surface area contributed by atoms with Crippen LogP contribution in [0.2, 0.25) is 0 Å². The van der Waals surface area contributed by atoms with Gasteiger partial charge in [-0.1, -0.05) is 25.0 Å². The molecular weight excluding hydrogens is 385 g/mol. The summed E-state index contributed by atoms with van der Waals surface area (Å²) in [5.41, 5.74) is 2.99. The highest BCUT2D eigenvalue weighted by atomic mass is 32.1. The lowest BCUT2D eigenvalue weighted by Crippen LogP contribution is -2.40. The standard InChI is InChI=1S/C23H26FN3OS/c24-18-7-5-17(6-8-18)23(13-1-2-14-23)16-25-22(29)26-19-9-11-20(12-10-19)27-15-3-4-21(27)28/h5-12H,1-4,13-16H2,(H2,25,26,29). The molecule has 4 rings (SSSR count). The average molecular weight is 412 g/mol. The molecule has 2 fully saturated rings. The van der Waals surface area contributed by atoms with Gasteiger partial charge in [0.15, 0.2) is 5.11 Å². The SMILES string of the molecule is O=C1CCCN1c1ccc(NC(=S)NCC2(c3ccc(F)cc3)CCCC2)cc1. The van der Waals surface area contributed by atoms with Gasteiger partial charge in [-0.3, -0.25) is 4.79 Å². The summed E-state index contributed by atoms with van der Waals surface area (Å²) in [6.45, 7) is 1.52. The van der Waals surface area contributed by atoms with Gasteiger partial charge in [0.05, 0.1) is 0 Å². The number of carbonyl (C=O) groups excluding carboxylic acids is 1. The van der Waals surface area contributed by atoms with Gasteiger partial charge in [-0.2, -0.15) is 0 Å². The van der Waals surface area contributed by atoms with Gasteiger partial charge in [0.25, 0.3) is 0 Å². The summed E-state index contributed by atoms with van der Waals surface area (Å²) in [5, 5.41) is 7.17. The van der Waals surface area contributed by atoms with E-state index in [-0.39, 0.29) is 17.1 Å². The Morgan fingerprint density at radius 3 is 2.34 bits per heavy atom. The van der Waals surface area contributed by atoms with Crippen LogP contribution >= 0.6 is 12.2 Å². The fourth-order valence-electron chi connectivity index (χ4n) is 4.49. The summed E-state index contributed by atoms with van der Waals surface area (Å²) < 4.78 is 13.3. The van der Waals surface area contributed by atoms with Gasteiger partial charge in [-0.15, -0.1) is 0 Å². The number of rotatable bonds is 5. The first kappa shape index (κ1) is 19.8. The molecule has 2 N–H and O–H groups in total. The third-order valence-electron chi connectivity index (χ3n) is 6.11. The van der Waals surface area contributed by atoms with Crippen molar-refractivity contribution >= 4 is 34.6 Å². The van der Waals surface area contributed by atoms with Gasteiger partial charge in [-0.05, 0) is 73.4 Å². The zero-order chi connectivity index (χ0) is 20.3. The first-order valence-corrected chi connectivity index (χ1v) is 10.7. The number of hydrogen-bond acceptors (Lipinski definition) is 2. The largest absolute Gasteiger partial charge is 0.362 e. The van der Waals surface area contributed by atoms with Crippen LogP contribution in [0.25, 0.3) is 0 Å². The number of anilines is 2. The Morgan fingerprint density at radius 2 is 1.72 bits per heavy atom. The summed E-state index contributed by atoms with van der Waals surface area (Å²) in [7, 11) is 0. The monoisotopic (exact) mass is 411 g/mol. The second kappa shape index (κ2) is 8.49. The lowest BCUT2D eigenvalue weighted by molar-refractivity contribution is -0.117. The van der Waals surface area contributed by atoms with E-state index >= 15 is 0 Å². The van der Waals surface area contributed by atoms with Gasteiger partial charge in [0.1, 0.15) is 5.82 Å². The summed E-state index contributed by atoms with van der Waals surface area (Å²) >= 11 is 5.50. The molecule has 29 heavy (non-hydrogen) atoms. The van der Waals surface area contributed by atoms with Crippen molar-refractivity contribution in [1.29, 1.82) is 0 Å². The Morgan fingerprint density at radius 1 is 1.03 bits per heavy atom. The highest BCUT2D eigenvalue weighted by molar-refractivity contribution is 7.80. The molecule has 1 aliphatic heterocycles. The molecule has 1 saturated carbocycles. The topological polar surface area (TPSA) is 44.4 Å². The maximum Gasteiger partial charge on any atom is 0.227 e. The van der Waals surface area contributed by atoms with Crippen molar-refractivity contribution < 1.29 is 9.18 Å². The predicted octanol–water partition coefficient (Wildman–Crippen LogP) is 4.75. The van der Waals surface area contributed by atoms with E-state index in [4.69, 9.17) is 12.2 Å². The van der Waals surface area contributed by atoms with Crippen molar-refractivity contribution in [2.45, 2.75) is 43.9 Å². The van der Waals surface area contributed by atoms with Crippen LogP contribution in [0.5, 0.6) is 0 Å². The molecule has 152 valence electrons. The number of halogens is 1. The molecule has 0 aromatic heterocycles. The van der Waals surface area contributed by atoms with Crippen LogP contribution in [0.3, 0.4) is 0 Å². The van der Waals surface area contributed by atoms with Crippen molar-refractivity contribution in [1.82, 2.24) is 5.32 Å². The molecule has 1 aliphatic carbocycles. The van der Waals surface area contributed by atoms with Crippen LogP contribution in [0, 0.1) is 5.82 Å². The minimum atomic E-state index is -0.203. The maximum atomic E-state index is 13.3. The van der Waals surface area contributed by atoms with Crippen molar-refractivity contribution in [3.05, 3.63) is 59.9 Å². The molecule has 4 nitrogen and oxygen atoms in total. The molecular formula is C23H26FN3OS. The summed E-state index contributed by atoms with van der Waals surface area (Å²) in [5.74, 6) is -0.0170. The molecule has 0 radical (unpaired) electrons. The third kappa shape index (κ3) is 4.42. The van der Waals surface area contributed by atoms with E-state index in [2.05, 4.69) is 10.6 Å². The number of nitrogens with one attached hydrogen (secondary N) is 2. The van der Waals surface area contributed by atoms with Crippen LogP contribution in [0.4, 0.5) is 15.8 Å². The third-order valence-corrected chi connectivity index (χ3v) is 6.36. The lowest BCUT2D eigenvalue weighted by atomic mass is 9.79. The normalized spacial score (nSPS) is 18.1. The molecule has 1 saturated heterocycles. The van der Waals surface area contributed by atoms with Crippen molar-refractivity contribution in [2.75, 3.05) is 23.3 Å². The molecule has 0 bridgehead atoms. The molecule has 1 heterocycles. The minimum absolute atomic E-state index is 0.000583. The second-order valence-electron chi connectivity index (χ2n) is 8.00. The number of nitrogens with zero attached hydrogens (tertiary/aromatic N) is 1. The Labute approximate surface area is 176 Å². The molecule has 2 aliphatic rings.